The van der Waals surface area contributed by atoms with E-state index < -0.39 is 0 Å². The van der Waals surface area contributed by atoms with E-state index in [1.54, 1.807) is 19.4 Å². The van der Waals surface area contributed by atoms with Gasteiger partial charge in [0.25, 0.3) is 5.91 Å². The number of ether oxygens (including phenoxy) is 2. The predicted octanol–water partition coefficient (Wildman–Crippen LogP) is 4.91. The van der Waals surface area contributed by atoms with Crippen LogP contribution in [0.3, 0.4) is 0 Å². The van der Waals surface area contributed by atoms with Crippen molar-refractivity contribution < 1.29 is 14.3 Å². The van der Waals surface area contributed by atoms with Gasteiger partial charge in [-0.25, -0.2) is 5.43 Å². The Morgan fingerprint density at radius 2 is 1.77 bits per heavy atom. The molecule has 0 bridgehead atoms. The first-order valence-corrected chi connectivity index (χ1v) is 10.5. The second-order valence-electron chi connectivity index (χ2n) is 6.84. The Kier molecular flexibility index (Phi) is 8.06. The zero-order valence-corrected chi connectivity index (χ0v) is 19.0. The molecular weight excluding hydrogens is 458 g/mol. The van der Waals surface area contributed by atoms with Gasteiger partial charge < -0.3 is 14.8 Å². The molecule has 31 heavy (non-hydrogen) atoms. The molecule has 3 aromatic carbocycles. The van der Waals surface area contributed by atoms with Crippen molar-refractivity contribution in [2.24, 2.45) is 5.10 Å². The minimum Gasteiger partial charge on any atom is -0.493 e. The maximum Gasteiger partial charge on any atom is 0.259 e. The van der Waals surface area contributed by atoms with E-state index in [2.05, 4.69) is 31.8 Å². The number of hydrogen-bond acceptors (Lipinski definition) is 5. The van der Waals surface area contributed by atoms with Crippen molar-refractivity contribution in [3.63, 3.8) is 0 Å². The third-order valence-electron chi connectivity index (χ3n) is 4.40. The van der Waals surface area contributed by atoms with Crippen LogP contribution in [-0.2, 0) is 11.4 Å². The quantitative estimate of drug-likeness (QED) is 0.336. The zero-order chi connectivity index (χ0) is 22.1. The number of nitrogens with one attached hydrogen (secondary N) is 2. The van der Waals surface area contributed by atoms with Crippen molar-refractivity contribution in [2.75, 3.05) is 19.0 Å². The van der Waals surface area contributed by atoms with Gasteiger partial charge in [-0.2, -0.15) is 5.10 Å². The Hall–Kier alpha value is -3.32. The highest BCUT2D eigenvalue weighted by molar-refractivity contribution is 9.10. The molecule has 0 unspecified atom stereocenters. The van der Waals surface area contributed by atoms with Gasteiger partial charge in [0, 0.05) is 10.2 Å². The molecule has 7 heteroatoms. The van der Waals surface area contributed by atoms with Gasteiger partial charge in [-0.3, -0.25) is 4.79 Å². The second-order valence-corrected chi connectivity index (χ2v) is 7.75. The van der Waals surface area contributed by atoms with Crippen LogP contribution in [-0.4, -0.2) is 25.8 Å². The Bertz CT molecular complexity index is 1030. The number of carbonyl (C=O) groups is 1. The number of halogens is 1. The van der Waals surface area contributed by atoms with E-state index in [1.807, 2.05) is 67.6 Å². The number of hydrazone groups is 1. The van der Waals surface area contributed by atoms with E-state index in [9.17, 15) is 4.79 Å². The minimum absolute atomic E-state index is 0.132. The largest absolute Gasteiger partial charge is 0.493 e. The molecule has 3 aromatic rings. The van der Waals surface area contributed by atoms with E-state index in [0.29, 0.717) is 18.1 Å². The van der Waals surface area contributed by atoms with E-state index in [4.69, 9.17) is 9.47 Å². The normalized spacial score (nSPS) is 10.7. The van der Waals surface area contributed by atoms with Gasteiger partial charge in [0.05, 0.1) is 19.9 Å². The molecule has 0 aromatic heterocycles. The van der Waals surface area contributed by atoms with Crippen molar-refractivity contribution in [2.45, 2.75) is 13.5 Å². The molecule has 0 saturated heterocycles. The summed E-state index contributed by atoms with van der Waals surface area (Å²) in [5, 5.41) is 7.06. The number of hydrogen-bond donors (Lipinski definition) is 2. The van der Waals surface area contributed by atoms with Gasteiger partial charge in [0.1, 0.15) is 6.61 Å². The predicted molar refractivity (Wildman–Crippen MR) is 127 cm³/mol. The fraction of sp³-hybridized carbons (Fsp3) is 0.167. The third-order valence-corrected chi connectivity index (χ3v) is 4.93. The molecular formula is C24H24BrN3O3. The molecule has 0 aliphatic rings. The molecule has 0 fully saturated rings. The highest BCUT2D eigenvalue weighted by Gasteiger charge is 2.06. The monoisotopic (exact) mass is 481 g/mol. The molecule has 0 saturated carbocycles. The SMILES string of the molecule is COc1cc(/C=N\NC(=O)CNc2ccc(C)cc2)ccc1OCc1ccc(Br)cc1. The molecule has 6 nitrogen and oxygen atoms in total. The van der Waals surface area contributed by atoms with Crippen LogP contribution in [0, 0.1) is 6.92 Å². The molecule has 2 N–H and O–H groups in total. The molecule has 0 spiro atoms. The summed E-state index contributed by atoms with van der Waals surface area (Å²) < 4.78 is 12.3. The van der Waals surface area contributed by atoms with Crippen LogP contribution in [0.2, 0.25) is 0 Å². The van der Waals surface area contributed by atoms with Crippen molar-refractivity contribution in [1.82, 2.24) is 5.43 Å². The molecule has 3 rings (SSSR count). The minimum atomic E-state index is -0.238. The first-order chi connectivity index (χ1) is 15.0. The van der Waals surface area contributed by atoms with Crippen LogP contribution in [0.15, 0.2) is 76.3 Å². The smallest absolute Gasteiger partial charge is 0.259 e. The van der Waals surface area contributed by atoms with Crippen LogP contribution < -0.4 is 20.2 Å². The van der Waals surface area contributed by atoms with Crippen LogP contribution in [0.5, 0.6) is 11.5 Å². The van der Waals surface area contributed by atoms with E-state index in [-0.39, 0.29) is 12.5 Å². The second kappa shape index (κ2) is 11.2. The van der Waals surface area contributed by atoms with Gasteiger partial charge in [-0.15, -0.1) is 0 Å². The lowest BCUT2D eigenvalue weighted by Gasteiger charge is -2.11. The molecule has 160 valence electrons. The lowest BCUT2D eigenvalue weighted by Crippen LogP contribution is -2.25. The summed E-state index contributed by atoms with van der Waals surface area (Å²) >= 11 is 3.42. The summed E-state index contributed by atoms with van der Waals surface area (Å²) in [6.45, 7) is 2.58. The van der Waals surface area contributed by atoms with E-state index in [1.165, 1.54) is 5.56 Å². The number of amides is 1. The Morgan fingerprint density at radius 1 is 1.03 bits per heavy atom. The number of aryl methyl sites for hydroxylation is 1. The summed E-state index contributed by atoms with van der Waals surface area (Å²) in [4.78, 5) is 12.0. The van der Waals surface area contributed by atoms with Gasteiger partial charge in [-0.05, 0) is 60.5 Å². The third kappa shape index (κ3) is 7.15. The number of methoxy groups -OCH3 is 1. The first kappa shape index (κ1) is 22.4. The first-order valence-electron chi connectivity index (χ1n) is 9.71. The van der Waals surface area contributed by atoms with Crippen molar-refractivity contribution >= 4 is 33.7 Å². The fourth-order valence-corrected chi connectivity index (χ4v) is 2.96. The molecule has 0 aliphatic carbocycles. The molecule has 0 atom stereocenters. The van der Waals surface area contributed by atoms with Crippen LogP contribution in [0.1, 0.15) is 16.7 Å². The average molecular weight is 482 g/mol. The number of carbonyl (C=O) groups excluding carboxylic acids is 1. The van der Waals surface area contributed by atoms with Crippen molar-refractivity contribution in [3.8, 4) is 11.5 Å². The summed E-state index contributed by atoms with van der Waals surface area (Å²) in [5.41, 5.74) is 6.39. The Labute approximate surface area is 190 Å². The molecule has 0 aliphatic heterocycles. The van der Waals surface area contributed by atoms with Crippen LogP contribution >= 0.6 is 15.9 Å². The number of benzene rings is 3. The molecule has 0 radical (unpaired) electrons. The average Bonchev–Trinajstić information content (AvgIpc) is 2.78. The number of nitrogens with zero attached hydrogens (tertiary/aromatic N) is 1. The molecule has 0 heterocycles. The lowest BCUT2D eigenvalue weighted by molar-refractivity contribution is -0.119. The van der Waals surface area contributed by atoms with Gasteiger partial charge in [0.2, 0.25) is 0 Å². The van der Waals surface area contributed by atoms with Gasteiger partial charge in [-0.1, -0.05) is 45.8 Å². The molecule has 1 amide bonds. The highest BCUT2D eigenvalue weighted by Crippen LogP contribution is 2.28. The number of anilines is 1. The van der Waals surface area contributed by atoms with Crippen molar-refractivity contribution in [1.29, 1.82) is 0 Å². The summed E-state index contributed by atoms with van der Waals surface area (Å²) in [6.07, 6.45) is 1.56. The van der Waals surface area contributed by atoms with E-state index in [0.717, 1.165) is 21.3 Å². The van der Waals surface area contributed by atoms with Crippen LogP contribution in [0.25, 0.3) is 0 Å². The maximum absolute atomic E-state index is 12.0. The number of rotatable bonds is 9. The standard InChI is InChI=1S/C24H24BrN3O3/c1-17-3-10-21(11-4-17)26-15-24(29)28-27-14-19-7-12-22(23(13-19)30-2)31-16-18-5-8-20(25)9-6-18/h3-14,26H,15-16H2,1-2H3,(H,28,29)/b27-14-. The fourth-order valence-electron chi connectivity index (χ4n) is 2.70. The topological polar surface area (TPSA) is 72.0 Å². The highest BCUT2D eigenvalue weighted by atomic mass is 79.9. The maximum atomic E-state index is 12.0. The lowest BCUT2D eigenvalue weighted by atomic mass is 10.2. The summed E-state index contributed by atoms with van der Waals surface area (Å²) in [5.74, 6) is 0.987. The Morgan fingerprint density at radius 3 is 2.48 bits per heavy atom. The van der Waals surface area contributed by atoms with Gasteiger partial charge >= 0.3 is 0 Å². The van der Waals surface area contributed by atoms with Crippen molar-refractivity contribution in [3.05, 3.63) is 87.9 Å². The zero-order valence-electron chi connectivity index (χ0n) is 17.4. The Balaban J connectivity index is 1.51. The van der Waals surface area contributed by atoms with Gasteiger partial charge in [0.15, 0.2) is 11.5 Å². The summed E-state index contributed by atoms with van der Waals surface area (Å²) in [7, 11) is 1.58. The van der Waals surface area contributed by atoms with E-state index >= 15 is 0 Å². The van der Waals surface area contributed by atoms with Crippen LogP contribution in [0.4, 0.5) is 5.69 Å². The summed E-state index contributed by atoms with van der Waals surface area (Å²) in [6, 6.07) is 21.2.